The van der Waals surface area contributed by atoms with Crippen molar-refractivity contribution >= 4 is 8.32 Å². The molecule has 0 bridgehead atoms. The summed E-state index contributed by atoms with van der Waals surface area (Å²) in [4.78, 5) is 0. The Morgan fingerprint density at radius 3 is 2.37 bits per heavy atom. The highest BCUT2D eigenvalue weighted by atomic mass is 28.4. The quantitative estimate of drug-likeness (QED) is 0.305. The van der Waals surface area contributed by atoms with Gasteiger partial charge in [-0.1, -0.05) is 64.0 Å². The van der Waals surface area contributed by atoms with E-state index in [1.54, 1.807) is 0 Å². The third kappa shape index (κ3) is 5.91. The van der Waals surface area contributed by atoms with E-state index in [1.165, 1.54) is 16.7 Å². The van der Waals surface area contributed by atoms with Gasteiger partial charge in [-0.3, -0.25) is 0 Å². The first-order valence-corrected chi connectivity index (χ1v) is 16.8. The second-order valence-corrected chi connectivity index (χ2v) is 18.3. The largest absolute Gasteiger partial charge is 0.495 e. The Balaban J connectivity index is 1.99. The number of hydrogen-bond acceptors (Lipinski definition) is 3. The Morgan fingerprint density at radius 2 is 1.71 bits per heavy atom. The predicted molar refractivity (Wildman–Crippen MR) is 151 cm³/mol. The fourth-order valence-electron chi connectivity index (χ4n) is 5.78. The van der Waals surface area contributed by atoms with Gasteiger partial charge in [0.1, 0.15) is 11.4 Å². The van der Waals surface area contributed by atoms with E-state index in [2.05, 4.69) is 92.8 Å². The minimum atomic E-state index is -1.92. The van der Waals surface area contributed by atoms with Gasteiger partial charge in [0.15, 0.2) is 8.32 Å². The first kappa shape index (κ1) is 28.5. The monoisotopic (exact) mass is 500 g/mol. The zero-order valence-electron chi connectivity index (χ0n) is 24.3. The lowest BCUT2D eigenvalue weighted by Gasteiger charge is -2.40. The molecule has 2 aliphatic carbocycles. The van der Waals surface area contributed by atoms with Crippen LogP contribution in [-0.2, 0) is 9.16 Å². The smallest absolute Gasteiger partial charge is 0.192 e. The number of aliphatic hydroxyl groups is 1. The molecule has 3 nitrogen and oxygen atoms in total. The Labute approximate surface area is 216 Å². The zero-order valence-corrected chi connectivity index (χ0v) is 25.3. The first-order valence-electron chi connectivity index (χ1n) is 13.8. The maximum absolute atomic E-state index is 12.0. The third-order valence-electron chi connectivity index (χ3n) is 9.57. The molecule has 1 aliphatic heterocycles. The zero-order chi connectivity index (χ0) is 26.2. The summed E-state index contributed by atoms with van der Waals surface area (Å²) < 4.78 is 13.0. The summed E-state index contributed by atoms with van der Waals surface area (Å²) >= 11 is 0. The van der Waals surface area contributed by atoms with Crippen LogP contribution in [-0.4, -0.2) is 31.7 Å². The van der Waals surface area contributed by atoms with Gasteiger partial charge in [-0.25, -0.2) is 0 Å². The molecule has 1 N–H and O–H groups in total. The van der Waals surface area contributed by atoms with Gasteiger partial charge in [0.05, 0.1) is 12.7 Å². The molecule has 0 aromatic carbocycles. The molecular weight excluding hydrogens is 448 g/mol. The molecule has 1 saturated heterocycles. The molecule has 0 saturated carbocycles. The molecule has 198 valence electrons. The van der Waals surface area contributed by atoms with E-state index in [9.17, 15) is 5.11 Å². The van der Waals surface area contributed by atoms with Gasteiger partial charge < -0.3 is 14.3 Å². The van der Waals surface area contributed by atoms with Gasteiger partial charge in [0.25, 0.3) is 0 Å². The second-order valence-electron chi connectivity index (χ2n) is 13.5. The highest BCUT2D eigenvalue weighted by molar-refractivity contribution is 6.74. The van der Waals surface area contributed by atoms with Crippen molar-refractivity contribution in [2.75, 3.05) is 6.61 Å². The molecule has 3 rings (SSSR count). The van der Waals surface area contributed by atoms with Gasteiger partial charge in [0.2, 0.25) is 0 Å². The number of allylic oxidation sites excluding steroid dienone is 6. The highest BCUT2D eigenvalue weighted by Gasteiger charge is 2.60. The van der Waals surface area contributed by atoms with Crippen molar-refractivity contribution in [3.63, 3.8) is 0 Å². The summed E-state index contributed by atoms with van der Waals surface area (Å²) in [7, 11) is -1.92. The van der Waals surface area contributed by atoms with Crippen LogP contribution in [0.15, 0.2) is 46.8 Å². The SMILES string of the molecule is C/C1=C\C[C@]2(C)C=C3OC[C@@H](C)[C@]3(O)[C@H]2C/C=C(\C)[C@@H](O[Si](C)(C)C(C)(C)C)CC/C(C)=C/CC1. The maximum Gasteiger partial charge on any atom is 0.192 e. The van der Waals surface area contributed by atoms with Gasteiger partial charge in [-0.2, -0.15) is 0 Å². The molecule has 0 aromatic rings. The molecule has 0 amide bonds. The number of ether oxygens (including phenoxy) is 1. The van der Waals surface area contributed by atoms with Gasteiger partial charge in [0, 0.05) is 11.8 Å². The summed E-state index contributed by atoms with van der Waals surface area (Å²) in [6.07, 6.45) is 15.6. The van der Waals surface area contributed by atoms with Crippen molar-refractivity contribution < 1.29 is 14.3 Å². The van der Waals surface area contributed by atoms with E-state index in [-0.39, 0.29) is 28.4 Å². The number of rotatable bonds is 2. The van der Waals surface area contributed by atoms with Crippen LogP contribution < -0.4 is 0 Å². The fourth-order valence-corrected chi connectivity index (χ4v) is 7.14. The average molecular weight is 501 g/mol. The van der Waals surface area contributed by atoms with Crippen molar-refractivity contribution in [3.8, 4) is 0 Å². The van der Waals surface area contributed by atoms with Crippen molar-refractivity contribution in [2.24, 2.45) is 17.3 Å². The summed E-state index contributed by atoms with van der Waals surface area (Å²) in [6.45, 7) is 23.5. The molecule has 0 radical (unpaired) electrons. The Bertz CT molecular complexity index is 903. The van der Waals surface area contributed by atoms with Crippen LogP contribution in [0, 0.1) is 17.3 Å². The van der Waals surface area contributed by atoms with Crippen molar-refractivity contribution in [3.05, 3.63) is 46.8 Å². The Morgan fingerprint density at radius 1 is 1.06 bits per heavy atom. The molecular formula is C31H52O3Si. The Kier molecular flexibility index (Phi) is 8.41. The average Bonchev–Trinajstić information content (AvgIpc) is 3.14. The van der Waals surface area contributed by atoms with E-state index in [1.807, 2.05) is 0 Å². The lowest BCUT2D eigenvalue weighted by molar-refractivity contribution is -0.0348. The second kappa shape index (κ2) is 10.3. The van der Waals surface area contributed by atoms with E-state index >= 15 is 0 Å². The van der Waals surface area contributed by atoms with E-state index < -0.39 is 13.9 Å². The summed E-state index contributed by atoms with van der Waals surface area (Å²) in [5, 5.41) is 12.2. The Hall–Kier alpha value is -1.10. The molecule has 1 fully saturated rings. The number of fused-ring (bicyclic) bond motifs is 3. The van der Waals surface area contributed by atoms with Crippen LogP contribution in [0.1, 0.15) is 93.9 Å². The molecule has 1 heterocycles. The summed E-state index contributed by atoms with van der Waals surface area (Å²) in [5.74, 6) is 1.01. The van der Waals surface area contributed by atoms with E-state index in [0.717, 1.165) is 44.3 Å². The first-order chi connectivity index (χ1) is 16.1. The minimum Gasteiger partial charge on any atom is -0.495 e. The molecule has 0 unspecified atom stereocenters. The van der Waals surface area contributed by atoms with Gasteiger partial charge in [-0.05, 0) is 94.5 Å². The lowest BCUT2D eigenvalue weighted by atomic mass is 9.67. The van der Waals surface area contributed by atoms with Crippen molar-refractivity contribution in [2.45, 2.75) is 124 Å². The van der Waals surface area contributed by atoms with Crippen LogP contribution in [0.3, 0.4) is 0 Å². The lowest BCUT2D eigenvalue weighted by Crippen LogP contribution is -2.45. The minimum absolute atomic E-state index is 0.0972. The van der Waals surface area contributed by atoms with E-state index in [4.69, 9.17) is 9.16 Å². The van der Waals surface area contributed by atoms with E-state index in [0.29, 0.717) is 6.61 Å². The summed E-state index contributed by atoms with van der Waals surface area (Å²) in [6, 6.07) is 0. The van der Waals surface area contributed by atoms with Crippen LogP contribution in [0.25, 0.3) is 0 Å². The predicted octanol–water partition coefficient (Wildman–Crippen LogP) is 8.49. The molecule has 0 spiro atoms. The van der Waals surface area contributed by atoms with Crippen LogP contribution in [0.4, 0.5) is 0 Å². The van der Waals surface area contributed by atoms with Crippen molar-refractivity contribution in [1.29, 1.82) is 0 Å². The summed E-state index contributed by atoms with van der Waals surface area (Å²) in [5.41, 5.74) is 3.21. The van der Waals surface area contributed by atoms with Crippen LogP contribution >= 0.6 is 0 Å². The van der Waals surface area contributed by atoms with Gasteiger partial charge >= 0.3 is 0 Å². The highest BCUT2D eigenvalue weighted by Crippen LogP contribution is 2.57. The third-order valence-corrected chi connectivity index (χ3v) is 14.1. The van der Waals surface area contributed by atoms with Crippen molar-refractivity contribution in [1.82, 2.24) is 0 Å². The number of hydrogen-bond donors (Lipinski definition) is 1. The molecule has 3 aliphatic rings. The molecule has 35 heavy (non-hydrogen) atoms. The van der Waals surface area contributed by atoms with Crippen LogP contribution in [0.5, 0.6) is 0 Å². The van der Waals surface area contributed by atoms with Crippen LogP contribution in [0.2, 0.25) is 18.1 Å². The maximum atomic E-state index is 12.0. The normalized spacial score (nSPS) is 39.9. The molecule has 0 aromatic heterocycles. The molecule has 5 atom stereocenters. The topological polar surface area (TPSA) is 38.7 Å². The van der Waals surface area contributed by atoms with Gasteiger partial charge in [-0.15, -0.1) is 0 Å². The standard InChI is InChI=1S/C31H52O3Si/c1-22-12-11-13-23(2)18-19-30(8)20-28-31(32,25(4)21-33-28)27(30)17-15-24(3)26(16-14-22)34-35(9,10)29(5,6)7/h12,15,18,20,25-27,32H,11,13-14,16-17,19,21H2,1-10H3/b22-12+,23-18+,24-15+/t25-,26+,27+,30-,31+/m1/s1. The fraction of sp³-hybridized carbons (Fsp3) is 0.742. The molecule has 4 heteroatoms.